The zero-order chi connectivity index (χ0) is 15.0. The van der Waals surface area contributed by atoms with E-state index in [-0.39, 0.29) is 17.7 Å². The number of hydrogen-bond acceptors (Lipinski definition) is 7. The lowest BCUT2D eigenvalue weighted by Gasteiger charge is -2.37. The van der Waals surface area contributed by atoms with Crippen LogP contribution in [-0.2, 0) is 6.54 Å². The zero-order valence-corrected chi connectivity index (χ0v) is 11.8. The molecular weight excluding hydrogens is 276 g/mol. The fraction of sp³-hybridized carbons (Fsp3) is 0.583. The normalized spacial score (nSPS) is 16.3. The fourth-order valence-corrected chi connectivity index (χ4v) is 2.16. The van der Waals surface area contributed by atoms with Gasteiger partial charge in [-0.3, -0.25) is 4.90 Å². The van der Waals surface area contributed by atoms with Gasteiger partial charge in [0.15, 0.2) is 11.5 Å². The Morgan fingerprint density at radius 1 is 1.52 bits per heavy atom. The summed E-state index contributed by atoms with van der Waals surface area (Å²) in [4.78, 5) is 17.2. The molecular formula is C12H16N6O3. The van der Waals surface area contributed by atoms with Gasteiger partial charge in [-0.1, -0.05) is 24.2 Å². The highest BCUT2D eigenvalue weighted by Crippen LogP contribution is 2.22. The highest BCUT2D eigenvalue weighted by atomic mass is 16.5. The van der Waals surface area contributed by atoms with Crippen molar-refractivity contribution in [2.24, 2.45) is 0 Å². The quantitative estimate of drug-likeness (QED) is 0.850. The molecule has 9 heteroatoms. The number of rotatable bonds is 5. The number of carbonyl (C=O) groups is 1. The molecule has 2 aromatic rings. The number of hydrogen-bond donors (Lipinski definition) is 1. The van der Waals surface area contributed by atoms with Gasteiger partial charge in [0.05, 0.1) is 18.8 Å². The summed E-state index contributed by atoms with van der Waals surface area (Å²) in [6.07, 6.45) is 1.45. The van der Waals surface area contributed by atoms with Crippen LogP contribution in [0.2, 0.25) is 0 Å². The second-order valence-corrected chi connectivity index (χ2v) is 5.44. The van der Waals surface area contributed by atoms with Gasteiger partial charge < -0.3 is 9.63 Å². The van der Waals surface area contributed by atoms with Gasteiger partial charge in [0.2, 0.25) is 5.89 Å². The molecule has 1 fully saturated rings. The lowest BCUT2D eigenvalue weighted by atomic mass is 10.1. The van der Waals surface area contributed by atoms with Crippen molar-refractivity contribution in [3.05, 3.63) is 23.6 Å². The second-order valence-electron chi connectivity index (χ2n) is 5.44. The van der Waals surface area contributed by atoms with E-state index in [9.17, 15) is 4.79 Å². The summed E-state index contributed by atoms with van der Waals surface area (Å²) >= 11 is 0. The van der Waals surface area contributed by atoms with E-state index in [0.717, 1.165) is 13.1 Å². The van der Waals surface area contributed by atoms with Crippen LogP contribution < -0.4 is 0 Å². The van der Waals surface area contributed by atoms with Gasteiger partial charge in [0.1, 0.15) is 0 Å². The largest absolute Gasteiger partial charge is 0.476 e. The molecule has 0 spiro atoms. The second kappa shape index (κ2) is 5.24. The van der Waals surface area contributed by atoms with Crippen molar-refractivity contribution in [3.8, 4) is 0 Å². The van der Waals surface area contributed by atoms with Crippen LogP contribution in [0.3, 0.4) is 0 Å². The Labute approximate surface area is 120 Å². The minimum atomic E-state index is -1.06. The van der Waals surface area contributed by atoms with Crippen LogP contribution in [0.1, 0.15) is 48.0 Å². The van der Waals surface area contributed by atoms with E-state index >= 15 is 0 Å². The van der Waals surface area contributed by atoms with E-state index in [2.05, 4.69) is 25.4 Å². The number of likely N-dealkylation sites (tertiary alicyclic amines) is 1. The van der Waals surface area contributed by atoms with E-state index < -0.39 is 5.97 Å². The molecule has 0 aliphatic carbocycles. The number of aromatic nitrogens is 5. The van der Waals surface area contributed by atoms with Crippen LogP contribution >= 0.6 is 0 Å². The monoisotopic (exact) mass is 292 g/mol. The predicted molar refractivity (Wildman–Crippen MR) is 69.7 cm³/mol. The van der Waals surface area contributed by atoms with Gasteiger partial charge in [0.25, 0.3) is 0 Å². The minimum Gasteiger partial charge on any atom is -0.476 e. The summed E-state index contributed by atoms with van der Waals surface area (Å²) in [5, 5.41) is 20.2. The number of carboxylic acids is 1. The smallest absolute Gasteiger partial charge is 0.358 e. The summed E-state index contributed by atoms with van der Waals surface area (Å²) < 4.78 is 6.75. The van der Waals surface area contributed by atoms with Gasteiger partial charge in [-0.25, -0.2) is 9.48 Å². The topological polar surface area (TPSA) is 110 Å². The molecule has 0 radical (unpaired) electrons. The third-order valence-electron chi connectivity index (χ3n) is 3.38. The maximum atomic E-state index is 10.8. The van der Waals surface area contributed by atoms with Crippen molar-refractivity contribution in [2.45, 2.75) is 32.4 Å². The molecule has 1 aliphatic heterocycles. The standard InChI is InChI=1S/C12H16N6O3/c1-7(2)11-13-10(15-21-11)6-17-3-8(4-17)18-5-9(12(19)20)14-16-18/h5,7-8H,3-4,6H2,1-2H3,(H,19,20). The molecule has 0 atom stereocenters. The highest BCUT2D eigenvalue weighted by molar-refractivity contribution is 5.84. The summed E-state index contributed by atoms with van der Waals surface area (Å²) in [7, 11) is 0. The van der Waals surface area contributed by atoms with Crippen LogP contribution in [0.15, 0.2) is 10.7 Å². The van der Waals surface area contributed by atoms with E-state index in [0.29, 0.717) is 18.3 Å². The Morgan fingerprint density at radius 3 is 2.86 bits per heavy atom. The average molecular weight is 292 g/mol. The van der Waals surface area contributed by atoms with Crippen molar-refractivity contribution in [1.82, 2.24) is 30.0 Å². The summed E-state index contributed by atoms with van der Waals surface area (Å²) in [5.74, 6) is 0.469. The Morgan fingerprint density at radius 2 is 2.29 bits per heavy atom. The van der Waals surface area contributed by atoms with Crippen LogP contribution in [0, 0.1) is 0 Å². The maximum absolute atomic E-state index is 10.8. The van der Waals surface area contributed by atoms with E-state index in [1.54, 1.807) is 4.68 Å². The number of aromatic carboxylic acids is 1. The highest BCUT2D eigenvalue weighted by Gasteiger charge is 2.30. The third kappa shape index (κ3) is 2.77. The molecule has 1 aliphatic rings. The first-order valence-electron chi connectivity index (χ1n) is 6.73. The third-order valence-corrected chi connectivity index (χ3v) is 3.38. The van der Waals surface area contributed by atoms with Crippen molar-refractivity contribution in [3.63, 3.8) is 0 Å². The molecule has 3 heterocycles. The number of carboxylic acid groups (broad SMARTS) is 1. The minimum absolute atomic E-state index is 0.0341. The Balaban J connectivity index is 1.54. The maximum Gasteiger partial charge on any atom is 0.358 e. The summed E-state index contributed by atoms with van der Waals surface area (Å²) in [6.45, 7) is 6.14. The van der Waals surface area contributed by atoms with Crippen molar-refractivity contribution in [2.75, 3.05) is 13.1 Å². The first kappa shape index (κ1) is 13.7. The van der Waals surface area contributed by atoms with E-state index in [1.807, 2.05) is 13.8 Å². The van der Waals surface area contributed by atoms with Gasteiger partial charge in [-0.05, 0) is 0 Å². The van der Waals surface area contributed by atoms with Crippen molar-refractivity contribution in [1.29, 1.82) is 0 Å². The molecule has 3 rings (SSSR count). The molecule has 1 saturated heterocycles. The van der Waals surface area contributed by atoms with Gasteiger partial charge in [0, 0.05) is 19.0 Å². The molecule has 0 saturated carbocycles. The van der Waals surface area contributed by atoms with E-state index in [1.165, 1.54) is 6.20 Å². The molecule has 2 aromatic heterocycles. The fourth-order valence-electron chi connectivity index (χ4n) is 2.16. The molecule has 0 aromatic carbocycles. The van der Waals surface area contributed by atoms with E-state index in [4.69, 9.17) is 9.63 Å². The molecule has 112 valence electrons. The lowest BCUT2D eigenvalue weighted by Crippen LogP contribution is -2.47. The number of nitrogens with zero attached hydrogens (tertiary/aromatic N) is 6. The van der Waals surface area contributed by atoms with Crippen molar-refractivity contribution < 1.29 is 14.4 Å². The molecule has 9 nitrogen and oxygen atoms in total. The van der Waals surface area contributed by atoms with Crippen LogP contribution in [0.4, 0.5) is 0 Å². The van der Waals surface area contributed by atoms with Crippen molar-refractivity contribution >= 4 is 5.97 Å². The van der Waals surface area contributed by atoms with Crippen LogP contribution in [0.25, 0.3) is 0 Å². The Bertz CT molecular complexity index is 643. The lowest BCUT2D eigenvalue weighted by molar-refractivity contribution is 0.0689. The Hall–Kier alpha value is -2.29. The first-order chi connectivity index (χ1) is 10.0. The van der Waals surface area contributed by atoms with Gasteiger partial charge in [-0.15, -0.1) is 5.10 Å². The molecule has 1 N–H and O–H groups in total. The summed E-state index contributed by atoms with van der Waals surface area (Å²) in [5.41, 5.74) is -0.0341. The first-order valence-corrected chi connectivity index (χ1v) is 6.73. The van der Waals surface area contributed by atoms with Gasteiger partial charge in [-0.2, -0.15) is 4.98 Å². The zero-order valence-electron chi connectivity index (χ0n) is 11.8. The average Bonchev–Trinajstić information content (AvgIpc) is 3.02. The molecule has 0 unspecified atom stereocenters. The Kier molecular flexibility index (Phi) is 3.42. The predicted octanol–water partition coefficient (Wildman–Crippen LogP) is 0.540. The summed E-state index contributed by atoms with van der Waals surface area (Å²) in [6, 6.07) is 0.141. The van der Waals surface area contributed by atoms with Gasteiger partial charge >= 0.3 is 5.97 Å². The van der Waals surface area contributed by atoms with Crippen LogP contribution in [0.5, 0.6) is 0 Å². The van der Waals surface area contributed by atoms with Crippen LogP contribution in [-0.4, -0.2) is 54.2 Å². The molecule has 21 heavy (non-hydrogen) atoms. The molecule has 0 bridgehead atoms. The molecule has 0 amide bonds. The SMILES string of the molecule is CC(C)c1nc(CN2CC(n3cc(C(=O)O)nn3)C2)no1.